The Hall–Kier alpha value is -1.35. The number of hydrogen-bond donors (Lipinski definition) is 1. The second-order valence-electron chi connectivity index (χ2n) is 4.59. The summed E-state index contributed by atoms with van der Waals surface area (Å²) < 4.78 is 5.34. The van der Waals surface area contributed by atoms with Crippen molar-refractivity contribution in [2.75, 3.05) is 7.05 Å². The molecule has 2 unspecified atom stereocenters. The quantitative estimate of drug-likeness (QED) is 0.809. The highest BCUT2D eigenvalue weighted by Crippen LogP contribution is 2.26. The fourth-order valence-corrected chi connectivity index (χ4v) is 2.30. The summed E-state index contributed by atoms with van der Waals surface area (Å²) in [5.74, 6) is 0.0303. The van der Waals surface area contributed by atoms with Crippen LogP contribution >= 0.6 is 0 Å². The van der Waals surface area contributed by atoms with E-state index in [0.29, 0.717) is 12.6 Å². The first-order valence-corrected chi connectivity index (χ1v) is 6.17. The second kappa shape index (κ2) is 5.82. The third kappa shape index (κ3) is 3.30. The van der Waals surface area contributed by atoms with Gasteiger partial charge in [0.25, 0.3) is 0 Å². The predicted octanol–water partition coefficient (Wildman–Crippen LogP) is 2.12. The Morgan fingerprint density at radius 3 is 2.76 bits per heavy atom. The van der Waals surface area contributed by atoms with Crippen molar-refractivity contribution >= 4 is 5.97 Å². The lowest BCUT2D eigenvalue weighted by molar-refractivity contribution is -0.149. The molecule has 0 heterocycles. The first-order valence-electron chi connectivity index (χ1n) is 6.17. The van der Waals surface area contributed by atoms with Crippen LogP contribution in [0.15, 0.2) is 30.3 Å². The highest BCUT2D eigenvalue weighted by atomic mass is 16.5. The minimum atomic E-state index is -0.0494. The highest BCUT2D eigenvalue weighted by Gasteiger charge is 2.29. The second-order valence-corrected chi connectivity index (χ2v) is 4.59. The van der Waals surface area contributed by atoms with Crippen LogP contribution in [0.4, 0.5) is 0 Å². The van der Waals surface area contributed by atoms with Crippen LogP contribution in [-0.2, 0) is 16.1 Å². The molecule has 17 heavy (non-hydrogen) atoms. The van der Waals surface area contributed by atoms with E-state index in [1.54, 1.807) is 0 Å². The molecule has 1 aromatic carbocycles. The SMILES string of the molecule is CNC1CCC(C(=O)OCc2ccccc2)C1. The van der Waals surface area contributed by atoms with Crippen LogP contribution in [0.3, 0.4) is 0 Å². The van der Waals surface area contributed by atoms with Gasteiger partial charge in [0.15, 0.2) is 0 Å². The molecule has 0 bridgehead atoms. The van der Waals surface area contributed by atoms with Crippen molar-refractivity contribution in [2.24, 2.45) is 5.92 Å². The summed E-state index contributed by atoms with van der Waals surface area (Å²) in [5.41, 5.74) is 1.05. The third-order valence-corrected chi connectivity index (χ3v) is 3.40. The maximum atomic E-state index is 11.8. The molecule has 1 fully saturated rings. The van der Waals surface area contributed by atoms with Gasteiger partial charge in [0.1, 0.15) is 6.61 Å². The number of rotatable bonds is 4. The molecule has 0 saturated heterocycles. The van der Waals surface area contributed by atoms with Gasteiger partial charge in [0.2, 0.25) is 0 Å². The van der Waals surface area contributed by atoms with Crippen molar-refractivity contribution in [3.63, 3.8) is 0 Å². The van der Waals surface area contributed by atoms with Crippen molar-refractivity contribution < 1.29 is 9.53 Å². The molecule has 1 N–H and O–H groups in total. The van der Waals surface area contributed by atoms with E-state index in [-0.39, 0.29) is 11.9 Å². The van der Waals surface area contributed by atoms with Crippen LogP contribution < -0.4 is 5.32 Å². The van der Waals surface area contributed by atoms with E-state index in [1.165, 1.54) is 0 Å². The minimum Gasteiger partial charge on any atom is -0.461 e. The molecule has 92 valence electrons. The number of hydrogen-bond acceptors (Lipinski definition) is 3. The number of esters is 1. The van der Waals surface area contributed by atoms with E-state index in [0.717, 1.165) is 24.8 Å². The Bertz CT molecular complexity index is 364. The maximum Gasteiger partial charge on any atom is 0.309 e. The number of benzene rings is 1. The van der Waals surface area contributed by atoms with E-state index in [4.69, 9.17) is 4.74 Å². The molecule has 0 aliphatic heterocycles. The minimum absolute atomic E-state index is 0.0494. The molecule has 3 nitrogen and oxygen atoms in total. The van der Waals surface area contributed by atoms with Gasteiger partial charge in [-0.2, -0.15) is 0 Å². The molecule has 1 aliphatic carbocycles. The summed E-state index contributed by atoms with van der Waals surface area (Å²) >= 11 is 0. The standard InChI is InChI=1S/C14H19NO2/c1-15-13-8-7-12(9-13)14(16)17-10-11-5-3-2-4-6-11/h2-6,12-13,15H,7-10H2,1H3. The van der Waals surface area contributed by atoms with E-state index >= 15 is 0 Å². The van der Waals surface area contributed by atoms with Gasteiger partial charge in [0.05, 0.1) is 5.92 Å². The van der Waals surface area contributed by atoms with Crippen molar-refractivity contribution in [1.29, 1.82) is 0 Å². The first kappa shape index (κ1) is 12.1. The van der Waals surface area contributed by atoms with Gasteiger partial charge >= 0.3 is 5.97 Å². The highest BCUT2D eigenvalue weighted by molar-refractivity contribution is 5.72. The molecule has 0 radical (unpaired) electrons. The van der Waals surface area contributed by atoms with Crippen LogP contribution in [0.25, 0.3) is 0 Å². The molecule has 0 aromatic heterocycles. The van der Waals surface area contributed by atoms with E-state index in [9.17, 15) is 4.79 Å². The molecular formula is C14H19NO2. The smallest absolute Gasteiger partial charge is 0.309 e. The van der Waals surface area contributed by atoms with Crippen LogP contribution in [0.5, 0.6) is 0 Å². The van der Waals surface area contributed by atoms with Gasteiger partial charge in [0, 0.05) is 6.04 Å². The molecule has 1 aromatic rings. The fraction of sp³-hybridized carbons (Fsp3) is 0.500. The van der Waals surface area contributed by atoms with Crippen molar-refractivity contribution in [3.8, 4) is 0 Å². The van der Waals surface area contributed by atoms with Crippen LogP contribution in [-0.4, -0.2) is 19.1 Å². The lowest BCUT2D eigenvalue weighted by Crippen LogP contribution is -2.23. The van der Waals surface area contributed by atoms with Gasteiger partial charge in [-0.3, -0.25) is 4.79 Å². The van der Waals surface area contributed by atoms with Crippen molar-refractivity contribution in [2.45, 2.75) is 31.9 Å². The number of carbonyl (C=O) groups is 1. The normalized spacial score (nSPS) is 23.6. The average Bonchev–Trinajstić information content (AvgIpc) is 2.86. The summed E-state index contributed by atoms with van der Waals surface area (Å²) in [6.07, 6.45) is 2.92. The van der Waals surface area contributed by atoms with Crippen molar-refractivity contribution in [3.05, 3.63) is 35.9 Å². The molecular weight excluding hydrogens is 214 g/mol. The van der Waals surface area contributed by atoms with E-state index in [1.807, 2.05) is 37.4 Å². The Labute approximate surface area is 102 Å². The average molecular weight is 233 g/mol. The summed E-state index contributed by atoms with van der Waals surface area (Å²) in [4.78, 5) is 11.8. The number of ether oxygens (including phenoxy) is 1. The van der Waals surface area contributed by atoms with Gasteiger partial charge in [-0.25, -0.2) is 0 Å². The van der Waals surface area contributed by atoms with Gasteiger partial charge < -0.3 is 10.1 Å². The van der Waals surface area contributed by atoms with Crippen LogP contribution in [0, 0.1) is 5.92 Å². The summed E-state index contributed by atoms with van der Waals surface area (Å²) in [6, 6.07) is 10.3. The number of nitrogens with one attached hydrogen (secondary N) is 1. The first-order chi connectivity index (χ1) is 8.29. The summed E-state index contributed by atoms with van der Waals surface area (Å²) in [7, 11) is 1.95. The summed E-state index contributed by atoms with van der Waals surface area (Å²) in [6.45, 7) is 0.389. The zero-order chi connectivity index (χ0) is 12.1. The topological polar surface area (TPSA) is 38.3 Å². The Morgan fingerprint density at radius 1 is 1.35 bits per heavy atom. The van der Waals surface area contributed by atoms with Crippen LogP contribution in [0.2, 0.25) is 0 Å². The number of carbonyl (C=O) groups excluding carboxylic acids is 1. The maximum absolute atomic E-state index is 11.8. The van der Waals surface area contributed by atoms with Gasteiger partial charge in [-0.15, -0.1) is 0 Å². The third-order valence-electron chi connectivity index (χ3n) is 3.40. The predicted molar refractivity (Wildman–Crippen MR) is 66.4 cm³/mol. The molecule has 1 aliphatic rings. The molecule has 3 heteroatoms. The summed E-state index contributed by atoms with van der Waals surface area (Å²) in [5, 5.41) is 3.21. The molecule has 0 spiro atoms. The molecule has 0 amide bonds. The lowest BCUT2D eigenvalue weighted by Gasteiger charge is -2.10. The Morgan fingerprint density at radius 2 is 2.12 bits per heavy atom. The largest absolute Gasteiger partial charge is 0.461 e. The molecule has 2 atom stereocenters. The molecule has 1 saturated carbocycles. The monoisotopic (exact) mass is 233 g/mol. The van der Waals surface area contributed by atoms with Crippen LogP contribution in [0.1, 0.15) is 24.8 Å². The Kier molecular flexibility index (Phi) is 4.15. The fourth-order valence-electron chi connectivity index (χ4n) is 2.30. The zero-order valence-corrected chi connectivity index (χ0v) is 10.2. The Balaban J connectivity index is 1.78. The zero-order valence-electron chi connectivity index (χ0n) is 10.2. The molecule has 2 rings (SSSR count). The van der Waals surface area contributed by atoms with E-state index in [2.05, 4.69) is 5.32 Å². The van der Waals surface area contributed by atoms with Gasteiger partial charge in [-0.05, 0) is 31.9 Å². The lowest BCUT2D eigenvalue weighted by atomic mass is 10.1. The van der Waals surface area contributed by atoms with Gasteiger partial charge in [-0.1, -0.05) is 30.3 Å². The van der Waals surface area contributed by atoms with E-state index < -0.39 is 0 Å². The van der Waals surface area contributed by atoms with Crippen molar-refractivity contribution in [1.82, 2.24) is 5.32 Å².